The number of alkyl halides is 6. The van der Waals surface area contributed by atoms with Gasteiger partial charge in [-0.3, -0.25) is 0 Å². The van der Waals surface area contributed by atoms with Gasteiger partial charge in [-0.05, 0) is 0 Å². The van der Waals surface area contributed by atoms with Gasteiger partial charge in [0.25, 0.3) is 0 Å². The number of imidazole rings is 1. The molecule has 0 amide bonds. The molecule has 1 aromatic rings. The zero-order chi connectivity index (χ0) is 11.9. The molecule has 0 unspecified atom stereocenters. The standard InChI is InChI=1S/C6H4F6N2O/c7-5(8,9)3-1-14(6(10,11)12)4(2-15)13-3/h1,15H,2H2. The molecule has 0 saturated heterocycles. The molecule has 0 saturated carbocycles. The molecule has 1 rings (SSSR count). The third kappa shape index (κ3) is 2.41. The third-order valence-corrected chi connectivity index (χ3v) is 1.48. The molecule has 1 aromatic heterocycles. The highest BCUT2D eigenvalue weighted by Gasteiger charge is 2.40. The smallest absolute Gasteiger partial charge is 0.388 e. The Bertz CT molecular complexity index is 351. The molecule has 0 aliphatic heterocycles. The van der Waals surface area contributed by atoms with Gasteiger partial charge in [-0.25, -0.2) is 9.55 Å². The molecule has 1 N–H and O–H groups in total. The van der Waals surface area contributed by atoms with Crippen LogP contribution in [0.3, 0.4) is 0 Å². The topological polar surface area (TPSA) is 38.1 Å². The van der Waals surface area contributed by atoms with Crippen LogP contribution in [0.2, 0.25) is 0 Å². The minimum Gasteiger partial charge on any atom is -0.388 e. The van der Waals surface area contributed by atoms with Crippen molar-refractivity contribution in [2.24, 2.45) is 0 Å². The van der Waals surface area contributed by atoms with E-state index >= 15 is 0 Å². The lowest BCUT2D eigenvalue weighted by atomic mass is 10.5. The maximum absolute atomic E-state index is 12.1. The van der Waals surface area contributed by atoms with Crippen LogP contribution >= 0.6 is 0 Å². The van der Waals surface area contributed by atoms with Gasteiger partial charge in [0.2, 0.25) is 0 Å². The van der Waals surface area contributed by atoms with Crippen LogP contribution in [-0.4, -0.2) is 14.7 Å². The van der Waals surface area contributed by atoms with Crippen LogP contribution in [0.4, 0.5) is 26.3 Å². The Morgan fingerprint density at radius 2 is 1.73 bits per heavy atom. The maximum atomic E-state index is 12.1. The number of nitrogens with zero attached hydrogens (tertiary/aromatic N) is 2. The summed E-state index contributed by atoms with van der Waals surface area (Å²) < 4.78 is 71.5. The highest BCUT2D eigenvalue weighted by Crippen LogP contribution is 2.32. The first-order valence-corrected chi connectivity index (χ1v) is 3.49. The number of aliphatic hydroxyl groups excluding tert-OH is 1. The highest BCUT2D eigenvalue weighted by molar-refractivity contribution is 5.08. The fourth-order valence-electron chi connectivity index (χ4n) is 0.886. The van der Waals surface area contributed by atoms with E-state index in [0.29, 0.717) is 0 Å². The monoisotopic (exact) mass is 234 g/mol. The molecule has 9 heteroatoms. The second kappa shape index (κ2) is 3.40. The Kier molecular flexibility index (Phi) is 2.68. The summed E-state index contributed by atoms with van der Waals surface area (Å²) in [5.41, 5.74) is -1.69. The van der Waals surface area contributed by atoms with Crippen LogP contribution in [0.25, 0.3) is 0 Å². The fourth-order valence-corrected chi connectivity index (χ4v) is 0.886. The van der Waals surface area contributed by atoms with Gasteiger partial charge in [-0.2, -0.15) is 13.2 Å². The number of hydrogen-bond acceptors (Lipinski definition) is 2. The number of aliphatic hydroxyl groups is 1. The quantitative estimate of drug-likeness (QED) is 0.753. The first-order chi connectivity index (χ1) is 6.66. The van der Waals surface area contributed by atoms with Crippen LogP contribution in [0, 0.1) is 0 Å². The van der Waals surface area contributed by atoms with Gasteiger partial charge in [0.15, 0.2) is 5.69 Å². The maximum Gasteiger partial charge on any atom is 0.489 e. The molecule has 0 fully saturated rings. The highest BCUT2D eigenvalue weighted by atomic mass is 19.4. The van der Waals surface area contributed by atoms with Gasteiger partial charge in [0, 0.05) is 6.20 Å². The third-order valence-electron chi connectivity index (χ3n) is 1.48. The number of halogens is 6. The molecule has 15 heavy (non-hydrogen) atoms. The normalized spacial score (nSPS) is 13.3. The zero-order valence-electron chi connectivity index (χ0n) is 6.89. The van der Waals surface area contributed by atoms with E-state index in [-0.39, 0.29) is 6.20 Å². The predicted molar refractivity (Wildman–Crippen MR) is 34.4 cm³/mol. The molecule has 0 bridgehead atoms. The molecule has 1 heterocycles. The summed E-state index contributed by atoms with van der Waals surface area (Å²) >= 11 is 0. The first kappa shape index (κ1) is 11.8. The molecule has 0 atom stereocenters. The average molecular weight is 234 g/mol. The Morgan fingerprint density at radius 1 is 1.20 bits per heavy atom. The molecule has 86 valence electrons. The van der Waals surface area contributed by atoms with Crippen molar-refractivity contribution >= 4 is 0 Å². The van der Waals surface area contributed by atoms with Crippen LogP contribution in [0.15, 0.2) is 6.20 Å². The molecule has 3 nitrogen and oxygen atoms in total. The molecule has 0 aromatic carbocycles. The number of hydrogen-bond donors (Lipinski definition) is 1. The van der Waals surface area contributed by atoms with Crippen LogP contribution in [-0.2, 0) is 19.1 Å². The van der Waals surface area contributed by atoms with E-state index in [0.717, 1.165) is 0 Å². The lowest BCUT2D eigenvalue weighted by Crippen LogP contribution is -2.18. The van der Waals surface area contributed by atoms with Gasteiger partial charge in [0.1, 0.15) is 12.4 Å². The van der Waals surface area contributed by atoms with Crippen molar-refractivity contribution in [1.82, 2.24) is 9.55 Å². The van der Waals surface area contributed by atoms with E-state index < -0.39 is 35.2 Å². The zero-order valence-corrected chi connectivity index (χ0v) is 6.89. The SMILES string of the molecule is OCc1nc(C(F)(F)F)cn1C(F)(F)F. The Balaban J connectivity index is 3.24. The molecule has 0 aliphatic carbocycles. The van der Waals surface area contributed by atoms with Crippen molar-refractivity contribution < 1.29 is 31.4 Å². The minimum absolute atomic E-state index is 0.203. The number of rotatable bonds is 1. The van der Waals surface area contributed by atoms with Crippen molar-refractivity contribution in [3.05, 3.63) is 17.7 Å². The Morgan fingerprint density at radius 3 is 2.00 bits per heavy atom. The van der Waals surface area contributed by atoms with Crippen LogP contribution in [0.5, 0.6) is 0 Å². The average Bonchev–Trinajstić information content (AvgIpc) is 2.44. The largest absolute Gasteiger partial charge is 0.489 e. The lowest BCUT2D eigenvalue weighted by molar-refractivity contribution is -0.206. The first-order valence-electron chi connectivity index (χ1n) is 3.49. The van der Waals surface area contributed by atoms with Gasteiger partial charge < -0.3 is 5.11 Å². The molecule has 0 radical (unpaired) electrons. The van der Waals surface area contributed by atoms with Crippen molar-refractivity contribution in [1.29, 1.82) is 0 Å². The van der Waals surface area contributed by atoms with Crippen molar-refractivity contribution in [3.63, 3.8) is 0 Å². The van der Waals surface area contributed by atoms with Crippen molar-refractivity contribution in [3.8, 4) is 0 Å². The van der Waals surface area contributed by atoms with Gasteiger partial charge >= 0.3 is 12.5 Å². The molecule has 0 aliphatic rings. The second-order valence-corrected chi connectivity index (χ2v) is 2.54. The van der Waals surface area contributed by atoms with E-state index in [1.807, 2.05) is 0 Å². The summed E-state index contributed by atoms with van der Waals surface area (Å²) in [6, 6.07) is 0. The molecule has 0 spiro atoms. The Hall–Kier alpha value is -1.25. The summed E-state index contributed by atoms with van der Waals surface area (Å²) in [7, 11) is 0. The molecular weight excluding hydrogens is 230 g/mol. The summed E-state index contributed by atoms with van der Waals surface area (Å²) in [4.78, 5) is 2.63. The van der Waals surface area contributed by atoms with E-state index in [1.165, 1.54) is 0 Å². The summed E-state index contributed by atoms with van der Waals surface area (Å²) in [5, 5.41) is 8.41. The molecular formula is C6H4F6N2O. The lowest BCUT2D eigenvalue weighted by Gasteiger charge is -2.08. The van der Waals surface area contributed by atoms with Gasteiger partial charge in [-0.1, -0.05) is 0 Å². The van der Waals surface area contributed by atoms with Crippen LogP contribution in [0.1, 0.15) is 11.5 Å². The van der Waals surface area contributed by atoms with Gasteiger partial charge in [0.05, 0.1) is 0 Å². The Labute approximate surface area is 79.0 Å². The number of aromatic nitrogens is 2. The fraction of sp³-hybridized carbons (Fsp3) is 0.500. The van der Waals surface area contributed by atoms with E-state index in [4.69, 9.17) is 5.11 Å². The summed E-state index contributed by atoms with van der Waals surface area (Å²) in [5.74, 6) is -1.10. The van der Waals surface area contributed by atoms with E-state index in [9.17, 15) is 26.3 Å². The van der Waals surface area contributed by atoms with E-state index in [2.05, 4.69) is 4.98 Å². The van der Waals surface area contributed by atoms with Crippen molar-refractivity contribution in [2.45, 2.75) is 19.1 Å². The second-order valence-electron chi connectivity index (χ2n) is 2.54. The van der Waals surface area contributed by atoms with E-state index in [1.54, 1.807) is 0 Å². The van der Waals surface area contributed by atoms with Crippen molar-refractivity contribution in [2.75, 3.05) is 0 Å². The predicted octanol–water partition coefficient (Wildman–Crippen LogP) is 1.87. The minimum atomic E-state index is -5.03. The van der Waals surface area contributed by atoms with Gasteiger partial charge in [-0.15, -0.1) is 13.2 Å². The summed E-state index contributed by atoms with van der Waals surface area (Å²) in [6.45, 7) is -1.23. The van der Waals surface area contributed by atoms with Crippen LogP contribution < -0.4 is 0 Å². The summed E-state index contributed by atoms with van der Waals surface area (Å²) in [6.07, 6.45) is -10.2.